The Morgan fingerprint density at radius 1 is 0.625 bits per heavy atom. The molecule has 0 amide bonds. The summed E-state index contributed by atoms with van der Waals surface area (Å²) in [5, 5.41) is 2.31. The van der Waals surface area contributed by atoms with Crippen LogP contribution in [0.3, 0.4) is 0 Å². The van der Waals surface area contributed by atoms with Crippen LogP contribution in [0, 0.1) is 11.8 Å². The second-order valence-corrected chi connectivity index (χ2v) is 18.4. The summed E-state index contributed by atoms with van der Waals surface area (Å²) in [6, 6.07) is 40.6. The lowest BCUT2D eigenvalue weighted by atomic mass is 9.66. The third kappa shape index (κ3) is 6.68. The number of para-hydroxylation sites is 2. The molecule has 1 aromatic heterocycles. The van der Waals surface area contributed by atoms with Gasteiger partial charge in [0.2, 0.25) is 0 Å². The Balaban J connectivity index is 1.26. The Morgan fingerprint density at radius 2 is 1.34 bits per heavy atom. The number of furan rings is 1. The molecule has 0 bridgehead atoms. The zero-order valence-electron chi connectivity index (χ0n) is 34.0. The van der Waals surface area contributed by atoms with E-state index >= 15 is 0 Å². The fraction of sp³-hybridized carbons (Fsp3) is 0.296. The molecule has 2 heteroatoms. The van der Waals surface area contributed by atoms with Gasteiger partial charge in [-0.05, 0) is 105 Å². The van der Waals surface area contributed by atoms with Crippen molar-refractivity contribution in [3.05, 3.63) is 173 Å². The average molecular weight is 734 g/mol. The van der Waals surface area contributed by atoms with Crippen molar-refractivity contribution in [1.29, 1.82) is 0 Å². The summed E-state index contributed by atoms with van der Waals surface area (Å²) in [7, 11) is 0. The molecule has 0 N–H and O–H groups in total. The van der Waals surface area contributed by atoms with Crippen molar-refractivity contribution in [2.45, 2.75) is 90.4 Å². The zero-order valence-corrected chi connectivity index (χ0v) is 34.0. The van der Waals surface area contributed by atoms with E-state index in [-0.39, 0.29) is 16.7 Å². The van der Waals surface area contributed by atoms with E-state index < -0.39 is 0 Å². The Hall–Kier alpha value is -5.34. The fourth-order valence-electron chi connectivity index (χ4n) is 9.58. The molecule has 0 aliphatic heterocycles. The van der Waals surface area contributed by atoms with Crippen LogP contribution in [0.2, 0.25) is 0 Å². The maximum Gasteiger partial charge on any atom is 0.136 e. The van der Waals surface area contributed by atoms with Gasteiger partial charge in [-0.15, -0.1) is 0 Å². The first-order valence-electron chi connectivity index (χ1n) is 20.9. The molecule has 0 saturated heterocycles. The summed E-state index contributed by atoms with van der Waals surface area (Å²) in [6.07, 6.45) is 20.9. The van der Waals surface area contributed by atoms with Crippen molar-refractivity contribution in [1.82, 2.24) is 0 Å². The summed E-state index contributed by atoms with van der Waals surface area (Å²) < 4.78 is 6.37. The maximum absolute atomic E-state index is 6.37. The van der Waals surface area contributed by atoms with Crippen LogP contribution in [0.5, 0.6) is 0 Å². The van der Waals surface area contributed by atoms with Crippen LogP contribution in [0.1, 0.15) is 96.3 Å². The van der Waals surface area contributed by atoms with Crippen LogP contribution in [-0.4, -0.2) is 0 Å². The third-order valence-electron chi connectivity index (χ3n) is 12.6. The summed E-state index contributed by atoms with van der Waals surface area (Å²) in [6.45, 7) is 14.0. The van der Waals surface area contributed by atoms with Crippen molar-refractivity contribution in [3.63, 3.8) is 0 Å². The molecular weight excluding hydrogens is 679 g/mol. The first-order valence-corrected chi connectivity index (χ1v) is 20.9. The minimum absolute atomic E-state index is 0.0268. The Labute approximate surface area is 334 Å². The van der Waals surface area contributed by atoms with Crippen LogP contribution in [-0.2, 0) is 10.8 Å². The fourth-order valence-corrected chi connectivity index (χ4v) is 9.58. The van der Waals surface area contributed by atoms with E-state index in [0.29, 0.717) is 11.8 Å². The molecule has 3 aliphatic carbocycles. The maximum atomic E-state index is 6.37. The van der Waals surface area contributed by atoms with Crippen LogP contribution >= 0.6 is 0 Å². The third-order valence-corrected chi connectivity index (χ3v) is 12.6. The van der Waals surface area contributed by atoms with Crippen molar-refractivity contribution < 1.29 is 4.42 Å². The number of allylic oxidation sites excluding steroid dienone is 8. The molecule has 282 valence electrons. The molecule has 56 heavy (non-hydrogen) atoms. The highest BCUT2D eigenvalue weighted by molar-refractivity contribution is 6.12. The van der Waals surface area contributed by atoms with Crippen molar-refractivity contribution in [2.24, 2.45) is 11.8 Å². The highest BCUT2D eigenvalue weighted by atomic mass is 16.3. The van der Waals surface area contributed by atoms with E-state index in [1.54, 1.807) is 5.57 Å². The molecule has 3 aliphatic rings. The monoisotopic (exact) mass is 733 g/mol. The number of benzene rings is 5. The summed E-state index contributed by atoms with van der Waals surface area (Å²) in [5.41, 5.74) is 14.8. The predicted octanol–water partition coefficient (Wildman–Crippen LogP) is 15.6. The molecule has 5 aromatic carbocycles. The van der Waals surface area contributed by atoms with Gasteiger partial charge in [-0.2, -0.15) is 0 Å². The van der Waals surface area contributed by atoms with Gasteiger partial charge in [0.25, 0.3) is 0 Å². The second-order valence-electron chi connectivity index (χ2n) is 18.4. The number of anilines is 3. The van der Waals surface area contributed by atoms with Gasteiger partial charge in [0.15, 0.2) is 0 Å². The molecule has 2 nitrogen and oxygen atoms in total. The number of hydrogen-bond acceptors (Lipinski definition) is 2. The first kappa shape index (κ1) is 36.3. The van der Waals surface area contributed by atoms with Gasteiger partial charge in [0, 0.05) is 39.7 Å². The van der Waals surface area contributed by atoms with Gasteiger partial charge in [-0.1, -0.05) is 170 Å². The van der Waals surface area contributed by atoms with E-state index in [1.165, 1.54) is 76.9 Å². The van der Waals surface area contributed by atoms with Crippen LogP contribution < -0.4 is 4.90 Å². The number of hydrogen-bond donors (Lipinski definition) is 0. The van der Waals surface area contributed by atoms with E-state index in [0.717, 1.165) is 27.6 Å². The number of fused-ring (bicyclic) bond motifs is 4. The molecule has 1 saturated carbocycles. The van der Waals surface area contributed by atoms with Gasteiger partial charge in [-0.3, -0.25) is 0 Å². The largest absolute Gasteiger partial charge is 0.456 e. The second kappa shape index (κ2) is 14.3. The highest BCUT2D eigenvalue weighted by Gasteiger charge is 2.36. The summed E-state index contributed by atoms with van der Waals surface area (Å²) >= 11 is 0. The van der Waals surface area contributed by atoms with Crippen LogP contribution in [0.4, 0.5) is 17.1 Å². The normalized spacial score (nSPS) is 18.9. The minimum Gasteiger partial charge on any atom is -0.456 e. The zero-order chi connectivity index (χ0) is 38.6. The van der Waals surface area contributed by atoms with Crippen molar-refractivity contribution in [3.8, 4) is 11.1 Å². The predicted molar refractivity (Wildman–Crippen MR) is 238 cm³/mol. The standard InChI is InChI=1S/C54H55NO/c1-53(2,3)39-33-40(54(4,5)6)35-42(34-39)55(41-23-14-22-38(32-41)44-27-17-31-50-52(44)47-25-11-13-30-49(47)56-50)48-29-12-10-24-45(48)46-28-16-21-37-20-15-26-43(51(37)46)36-18-8-7-9-19-36/h10-17,20-36,46,51H,7-9,18-19H2,1-6H3. The van der Waals surface area contributed by atoms with Crippen LogP contribution in [0.25, 0.3) is 33.1 Å². The van der Waals surface area contributed by atoms with E-state index in [2.05, 4.69) is 192 Å². The van der Waals surface area contributed by atoms with Crippen molar-refractivity contribution >= 4 is 39.0 Å². The minimum atomic E-state index is -0.0268. The molecule has 9 rings (SSSR count). The lowest BCUT2D eigenvalue weighted by Gasteiger charge is -2.39. The van der Waals surface area contributed by atoms with E-state index in [4.69, 9.17) is 4.42 Å². The van der Waals surface area contributed by atoms with Crippen molar-refractivity contribution in [2.75, 3.05) is 4.90 Å². The molecule has 1 heterocycles. The lowest BCUT2D eigenvalue weighted by molar-refractivity contribution is 0.373. The molecule has 1 fully saturated rings. The van der Waals surface area contributed by atoms with Gasteiger partial charge in [0.1, 0.15) is 11.2 Å². The Morgan fingerprint density at radius 3 is 2.12 bits per heavy atom. The topological polar surface area (TPSA) is 16.4 Å². The molecule has 2 atom stereocenters. The average Bonchev–Trinajstić information content (AvgIpc) is 3.60. The number of rotatable bonds is 6. The van der Waals surface area contributed by atoms with E-state index in [9.17, 15) is 0 Å². The highest BCUT2D eigenvalue weighted by Crippen LogP contribution is 2.51. The number of nitrogens with zero attached hydrogens (tertiary/aromatic N) is 1. The van der Waals surface area contributed by atoms with Crippen LogP contribution in [0.15, 0.2) is 161 Å². The Kier molecular flexibility index (Phi) is 9.28. The van der Waals surface area contributed by atoms with Gasteiger partial charge in [0.05, 0.1) is 0 Å². The van der Waals surface area contributed by atoms with E-state index in [1.807, 2.05) is 0 Å². The first-order chi connectivity index (χ1) is 27.0. The summed E-state index contributed by atoms with van der Waals surface area (Å²) in [4.78, 5) is 2.56. The van der Waals surface area contributed by atoms with Gasteiger partial charge < -0.3 is 9.32 Å². The summed E-state index contributed by atoms with van der Waals surface area (Å²) in [5.74, 6) is 1.20. The molecule has 6 aromatic rings. The quantitative estimate of drug-likeness (QED) is 0.169. The molecule has 0 spiro atoms. The molecular formula is C54H55NO. The molecule has 2 unspecified atom stereocenters. The molecule has 0 radical (unpaired) electrons. The van der Waals surface area contributed by atoms with Gasteiger partial charge >= 0.3 is 0 Å². The Bertz CT molecular complexity index is 2520. The smallest absolute Gasteiger partial charge is 0.136 e. The van der Waals surface area contributed by atoms with Gasteiger partial charge in [-0.25, -0.2) is 0 Å². The lowest BCUT2D eigenvalue weighted by Crippen LogP contribution is -2.26. The SMILES string of the molecule is CC(C)(C)c1cc(N(c2cccc(-c3cccc4oc5ccccc5c34)c2)c2ccccc2C2C=CC=C3C=CC=C(C4CCCCC4)C32)cc(C(C)(C)C)c1.